The molecule has 0 bridgehead atoms. The molecule has 0 saturated carbocycles. The maximum absolute atomic E-state index is 12.0. The smallest absolute Gasteiger partial charge is 0.319 e. The number of nitrogens with one attached hydrogen (secondary N) is 3. The van der Waals surface area contributed by atoms with Crippen LogP contribution in [0.4, 0.5) is 16.3 Å². The van der Waals surface area contributed by atoms with E-state index < -0.39 is 0 Å². The number of anilines is 2. The summed E-state index contributed by atoms with van der Waals surface area (Å²) < 4.78 is 10.8. The van der Waals surface area contributed by atoms with Crippen molar-refractivity contribution in [2.45, 2.75) is 4.90 Å². The summed E-state index contributed by atoms with van der Waals surface area (Å²) >= 11 is 1.64. The van der Waals surface area contributed by atoms with Gasteiger partial charge in [-0.1, -0.05) is 0 Å². The second-order valence-electron chi connectivity index (χ2n) is 6.43. The molecule has 0 atom stereocenters. The van der Waals surface area contributed by atoms with Crippen molar-refractivity contribution < 1.29 is 14.3 Å². The lowest BCUT2D eigenvalue weighted by Crippen LogP contribution is -2.32. The van der Waals surface area contributed by atoms with Gasteiger partial charge in [0.25, 0.3) is 0 Å². The zero-order valence-electron chi connectivity index (χ0n) is 16.2. The summed E-state index contributed by atoms with van der Waals surface area (Å²) in [4.78, 5) is 17.7. The molecule has 8 nitrogen and oxygen atoms in total. The number of aromatic nitrogens is 1. The van der Waals surface area contributed by atoms with E-state index in [1.165, 1.54) is 0 Å². The molecular formula is C21H19N5O3S. The molecule has 0 aliphatic carbocycles. The zero-order chi connectivity index (χ0) is 20.9. The topological polar surface area (TPSA) is 108 Å². The van der Waals surface area contributed by atoms with Gasteiger partial charge in [0.1, 0.15) is 11.9 Å². The lowest BCUT2D eigenvalue weighted by molar-refractivity contribution is 0.174. The Balaban J connectivity index is 1.34. The van der Waals surface area contributed by atoms with Crippen LogP contribution in [0.25, 0.3) is 10.9 Å². The summed E-state index contributed by atoms with van der Waals surface area (Å²) in [6.45, 7) is 0.953. The third-order valence-corrected chi connectivity index (χ3v) is 5.22. The summed E-state index contributed by atoms with van der Waals surface area (Å²) in [7, 11) is 0. The predicted molar refractivity (Wildman–Crippen MR) is 116 cm³/mol. The monoisotopic (exact) mass is 421 g/mol. The van der Waals surface area contributed by atoms with Gasteiger partial charge in [0.15, 0.2) is 11.5 Å². The molecule has 3 N–H and O–H groups in total. The first kappa shape index (κ1) is 19.7. The first-order valence-electron chi connectivity index (χ1n) is 9.23. The summed E-state index contributed by atoms with van der Waals surface area (Å²) in [5.74, 6) is 1.74. The molecule has 4 rings (SSSR count). The van der Waals surface area contributed by atoms with E-state index in [2.05, 4.69) is 27.0 Å². The van der Waals surface area contributed by atoms with Crippen LogP contribution in [0.15, 0.2) is 47.4 Å². The first-order valence-corrected chi connectivity index (χ1v) is 10.5. The van der Waals surface area contributed by atoms with E-state index in [0.29, 0.717) is 41.5 Å². The fraction of sp³-hybridized carbons (Fsp3) is 0.190. The number of thioether (sulfide) groups is 1. The Hall–Kier alpha value is -3.64. The van der Waals surface area contributed by atoms with Crippen LogP contribution in [0.1, 0.15) is 5.56 Å². The molecule has 0 unspecified atom stereocenters. The summed E-state index contributed by atoms with van der Waals surface area (Å²) in [5.41, 5.74) is 1.83. The lowest BCUT2D eigenvalue weighted by atomic mass is 10.1. The molecule has 2 amide bonds. The van der Waals surface area contributed by atoms with Crippen LogP contribution in [0.5, 0.6) is 11.5 Å². The number of fused-ring (bicyclic) bond motifs is 2. The Morgan fingerprint density at radius 3 is 2.67 bits per heavy atom. The third-order valence-electron chi connectivity index (χ3n) is 4.48. The van der Waals surface area contributed by atoms with Gasteiger partial charge in [-0.3, -0.25) is 0 Å². The minimum Gasteiger partial charge on any atom is -0.454 e. The van der Waals surface area contributed by atoms with E-state index in [9.17, 15) is 10.1 Å². The fourth-order valence-electron chi connectivity index (χ4n) is 2.99. The molecule has 1 aliphatic rings. The SMILES string of the molecule is CSc1ccc(NC(=O)NCCNc2nc3cc4c(cc3cc2C#N)OCO4)cc1. The number of amides is 2. The van der Waals surface area contributed by atoms with Crippen LogP contribution in [-0.4, -0.2) is 37.2 Å². The van der Waals surface area contributed by atoms with Gasteiger partial charge in [-0.15, -0.1) is 11.8 Å². The number of urea groups is 1. The molecular weight excluding hydrogens is 402 g/mol. The van der Waals surface area contributed by atoms with Crippen LogP contribution < -0.4 is 25.4 Å². The van der Waals surface area contributed by atoms with E-state index in [1.54, 1.807) is 23.9 Å². The van der Waals surface area contributed by atoms with E-state index in [4.69, 9.17) is 9.47 Å². The summed E-state index contributed by atoms with van der Waals surface area (Å²) in [6.07, 6.45) is 2.00. The van der Waals surface area contributed by atoms with Crippen LogP contribution >= 0.6 is 11.8 Å². The first-order chi connectivity index (χ1) is 14.7. The number of benzene rings is 2. The molecule has 0 spiro atoms. The number of ether oxygens (including phenoxy) is 2. The number of pyridine rings is 1. The quantitative estimate of drug-likeness (QED) is 0.410. The molecule has 2 aromatic carbocycles. The third kappa shape index (κ3) is 4.34. The average molecular weight is 421 g/mol. The molecule has 2 heterocycles. The highest BCUT2D eigenvalue weighted by Gasteiger charge is 2.16. The number of carbonyl (C=O) groups is 1. The van der Waals surface area contributed by atoms with E-state index in [-0.39, 0.29) is 12.8 Å². The van der Waals surface area contributed by atoms with Gasteiger partial charge in [0, 0.05) is 35.1 Å². The van der Waals surface area contributed by atoms with Crippen LogP contribution in [0.3, 0.4) is 0 Å². The van der Waals surface area contributed by atoms with Crippen molar-refractivity contribution >= 4 is 40.2 Å². The molecule has 1 aromatic heterocycles. The van der Waals surface area contributed by atoms with Gasteiger partial charge in [0.2, 0.25) is 6.79 Å². The van der Waals surface area contributed by atoms with Gasteiger partial charge in [-0.2, -0.15) is 5.26 Å². The minimum absolute atomic E-state index is 0.178. The van der Waals surface area contributed by atoms with Crippen LogP contribution in [0.2, 0.25) is 0 Å². The van der Waals surface area contributed by atoms with Crippen LogP contribution in [-0.2, 0) is 0 Å². The molecule has 3 aromatic rings. The average Bonchev–Trinajstić information content (AvgIpc) is 3.22. The lowest BCUT2D eigenvalue weighted by Gasteiger charge is -2.11. The van der Waals surface area contributed by atoms with Crippen molar-refractivity contribution in [1.82, 2.24) is 10.3 Å². The van der Waals surface area contributed by atoms with Gasteiger partial charge >= 0.3 is 6.03 Å². The maximum atomic E-state index is 12.0. The normalized spacial score (nSPS) is 11.7. The van der Waals surface area contributed by atoms with Crippen molar-refractivity contribution in [2.75, 3.05) is 36.8 Å². The van der Waals surface area contributed by atoms with E-state index >= 15 is 0 Å². The standard InChI is InChI=1S/C21H19N5O3S/c1-30-16-4-2-15(3-5-16)25-21(27)24-7-6-23-20-14(11-22)8-13-9-18-19(29-12-28-18)10-17(13)26-20/h2-5,8-10H,6-7,12H2,1H3,(H,23,26)(H2,24,25,27). The van der Waals surface area contributed by atoms with E-state index in [0.717, 1.165) is 16.0 Å². The number of rotatable bonds is 6. The molecule has 9 heteroatoms. The second-order valence-corrected chi connectivity index (χ2v) is 7.31. The van der Waals surface area contributed by atoms with E-state index in [1.807, 2.05) is 36.6 Å². The van der Waals surface area contributed by atoms with Gasteiger partial charge in [-0.25, -0.2) is 9.78 Å². The highest BCUT2D eigenvalue weighted by molar-refractivity contribution is 7.98. The summed E-state index contributed by atoms with van der Waals surface area (Å²) in [6, 6.07) is 14.8. The summed E-state index contributed by atoms with van der Waals surface area (Å²) in [5, 5.41) is 18.9. The molecule has 1 aliphatic heterocycles. The fourth-order valence-corrected chi connectivity index (χ4v) is 3.40. The van der Waals surface area contributed by atoms with Gasteiger partial charge in [-0.05, 0) is 42.7 Å². The largest absolute Gasteiger partial charge is 0.454 e. The Bertz CT molecular complexity index is 1130. The second kappa shape index (κ2) is 8.80. The maximum Gasteiger partial charge on any atom is 0.319 e. The Labute approximate surface area is 177 Å². The van der Waals surface area contributed by atoms with Crippen molar-refractivity contribution in [2.24, 2.45) is 0 Å². The predicted octanol–water partition coefficient (Wildman–Crippen LogP) is 3.79. The Morgan fingerprint density at radius 1 is 1.17 bits per heavy atom. The van der Waals surface area contributed by atoms with Crippen molar-refractivity contribution in [3.05, 3.63) is 48.0 Å². The highest BCUT2D eigenvalue weighted by atomic mass is 32.2. The number of nitrogens with zero attached hydrogens (tertiary/aromatic N) is 2. The Kier molecular flexibility index (Phi) is 5.77. The molecule has 0 fully saturated rings. The molecule has 152 valence electrons. The minimum atomic E-state index is -0.298. The van der Waals surface area contributed by atoms with Crippen molar-refractivity contribution in [3.8, 4) is 17.6 Å². The van der Waals surface area contributed by atoms with Gasteiger partial charge < -0.3 is 25.4 Å². The number of hydrogen-bond acceptors (Lipinski definition) is 7. The molecule has 0 saturated heterocycles. The zero-order valence-corrected chi connectivity index (χ0v) is 17.0. The number of carbonyl (C=O) groups excluding carboxylic acids is 1. The Morgan fingerprint density at radius 2 is 1.93 bits per heavy atom. The molecule has 30 heavy (non-hydrogen) atoms. The number of nitriles is 1. The van der Waals surface area contributed by atoms with Crippen molar-refractivity contribution in [3.63, 3.8) is 0 Å². The highest BCUT2D eigenvalue weighted by Crippen LogP contribution is 2.36. The van der Waals surface area contributed by atoms with Gasteiger partial charge in [0.05, 0.1) is 11.1 Å². The van der Waals surface area contributed by atoms with Crippen LogP contribution in [0, 0.1) is 11.3 Å². The van der Waals surface area contributed by atoms with Crippen molar-refractivity contribution in [1.29, 1.82) is 5.26 Å². The molecule has 0 radical (unpaired) electrons. The number of hydrogen-bond donors (Lipinski definition) is 3.